The zero-order valence-corrected chi connectivity index (χ0v) is 18.9. The van der Waals surface area contributed by atoms with Crippen LogP contribution in [0.4, 0.5) is 0 Å². The van der Waals surface area contributed by atoms with E-state index in [4.69, 9.17) is 4.74 Å². The van der Waals surface area contributed by atoms with E-state index in [9.17, 15) is 9.90 Å². The van der Waals surface area contributed by atoms with E-state index in [1.54, 1.807) is 6.07 Å². The molecule has 0 saturated carbocycles. The molecule has 1 heterocycles. The van der Waals surface area contributed by atoms with E-state index in [0.717, 1.165) is 36.0 Å². The molecule has 1 atom stereocenters. The van der Waals surface area contributed by atoms with Gasteiger partial charge in [0.25, 0.3) is 0 Å². The maximum Gasteiger partial charge on any atom is 0.248 e. The fourth-order valence-electron chi connectivity index (χ4n) is 4.13. The molecule has 0 fully saturated rings. The van der Waals surface area contributed by atoms with Gasteiger partial charge in [0.1, 0.15) is 12.4 Å². The van der Waals surface area contributed by atoms with Crippen LogP contribution in [-0.2, 0) is 13.2 Å². The van der Waals surface area contributed by atoms with Crippen LogP contribution in [0.1, 0.15) is 36.1 Å². The van der Waals surface area contributed by atoms with Crippen LogP contribution in [0.25, 0.3) is 10.9 Å². The molecule has 1 unspecified atom stereocenters. The minimum atomic E-state index is -0.697. The minimum Gasteiger partial charge on any atom is -0.487 e. The van der Waals surface area contributed by atoms with Crippen molar-refractivity contribution in [3.63, 3.8) is 0 Å². The summed E-state index contributed by atoms with van der Waals surface area (Å²) in [6.07, 6.45) is 0.303. The first-order valence-electron chi connectivity index (χ1n) is 11.4. The van der Waals surface area contributed by atoms with Crippen LogP contribution in [0, 0.1) is 0 Å². The summed E-state index contributed by atoms with van der Waals surface area (Å²) >= 11 is 0. The van der Waals surface area contributed by atoms with Gasteiger partial charge in [-0.3, -0.25) is 9.69 Å². The van der Waals surface area contributed by atoms with Crippen LogP contribution in [0.3, 0.4) is 0 Å². The molecule has 170 valence electrons. The number of aromatic amines is 1. The van der Waals surface area contributed by atoms with Crippen molar-refractivity contribution in [3.8, 4) is 5.75 Å². The molecule has 3 aromatic carbocycles. The number of aromatic nitrogens is 1. The van der Waals surface area contributed by atoms with Crippen molar-refractivity contribution in [3.05, 3.63) is 112 Å². The molecule has 4 aromatic rings. The highest BCUT2D eigenvalue weighted by Gasteiger charge is 2.18. The second-order valence-electron chi connectivity index (χ2n) is 8.27. The summed E-state index contributed by atoms with van der Waals surface area (Å²) in [4.78, 5) is 17.2. The number of aliphatic hydroxyl groups is 1. The van der Waals surface area contributed by atoms with Crippen LogP contribution in [0.2, 0.25) is 0 Å². The topological polar surface area (TPSA) is 65.6 Å². The lowest BCUT2D eigenvalue weighted by atomic mass is 10.0. The Labute approximate surface area is 194 Å². The fraction of sp³-hybridized carbons (Fsp3) is 0.250. The number of pyridine rings is 1. The van der Waals surface area contributed by atoms with Gasteiger partial charge in [0.15, 0.2) is 0 Å². The first-order chi connectivity index (χ1) is 16.1. The molecule has 0 amide bonds. The van der Waals surface area contributed by atoms with E-state index in [0.29, 0.717) is 24.4 Å². The van der Waals surface area contributed by atoms with Crippen molar-refractivity contribution in [2.24, 2.45) is 0 Å². The molecule has 0 saturated heterocycles. The van der Waals surface area contributed by atoms with Crippen LogP contribution in [0.5, 0.6) is 5.75 Å². The van der Waals surface area contributed by atoms with Gasteiger partial charge in [-0.15, -0.1) is 0 Å². The largest absolute Gasteiger partial charge is 0.487 e. The molecule has 5 nitrogen and oxygen atoms in total. The molecule has 0 radical (unpaired) electrons. The predicted octanol–water partition coefficient (Wildman–Crippen LogP) is 5.05. The summed E-state index contributed by atoms with van der Waals surface area (Å²) < 4.78 is 6.03. The van der Waals surface area contributed by atoms with Crippen LogP contribution >= 0.6 is 0 Å². The van der Waals surface area contributed by atoms with E-state index < -0.39 is 6.10 Å². The summed E-state index contributed by atoms with van der Waals surface area (Å²) in [7, 11) is 0. The highest BCUT2D eigenvalue weighted by molar-refractivity contribution is 5.87. The van der Waals surface area contributed by atoms with Gasteiger partial charge in [0, 0.05) is 24.5 Å². The van der Waals surface area contributed by atoms with E-state index in [2.05, 4.69) is 28.9 Å². The number of fused-ring (bicyclic) bond motifs is 1. The number of aliphatic hydroxyl groups excluding tert-OH is 1. The Kier molecular flexibility index (Phi) is 7.55. The summed E-state index contributed by atoms with van der Waals surface area (Å²) in [6.45, 7) is 4.71. The van der Waals surface area contributed by atoms with Crippen molar-refractivity contribution in [1.82, 2.24) is 9.88 Å². The van der Waals surface area contributed by atoms with E-state index in [1.165, 1.54) is 11.6 Å². The second kappa shape index (κ2) is 10.9. The first kappa shape index (κ1) is 22.8. The Morgan fingerprint density at radius 3 is 2.30 bits per heavy atom. The van der Waals surface area contributed by atoms with Crippen molar-refractivity contribution < 1.29 is 9.84 Å². The molecular formula is C28H30N2O3. The number of rotatable bonds is 10. The van der Waals surface area contributed by atoms with Gasteiger partial charge < -0.3 is 14.8 Å². The maximum absolute atomic E-state index is 12.1. The van der Waals surface area contributed by atoms with Gasteiger partial charge >= 0.3 is 0 Å². The minimum absolute atomic E-state index is 0.199. The van der Waals surface area contributed by atoms with Gasteiger partial charge in [-0.1, -0.05) is 73.7 Å². The molecule has 0 aliphatic rings. The molecule has 0 bridgehead atoms. The Balaban J connectivity index is 1.58. The van der Waals surface area contributed by atoms with Gasteiger partial charge in [0.2, 0.25) is 5.56 Å². The number of ether oxygens (including phenoxy) is 1. The highest BCUT2D eigenvalue weighted by atomic mass is 16.5. The van der Waals surface area contributed by atoms with Crippen molar-refractivity contribution >= 4 is 10.9 Å². The third-order valence-electron chi connectivity index (χ3n) is 5.71. The van der Waals surface area contributed by atoms with Crippen molar-refractivity contribution in [2.75, 3.05) is 13.1 Å². The average molecular weight is 443 g/mol. The molecule has 1 aromatic heterocycles. The van der Waals surface area contributed by atoms with Crippen LogP contribution < -0.4 is 10.3 Å². The first-order valence-corrected chi connectivity index (χ1v) is 11.4. The van der Waals surface area contributed by atoms with Gasteiger partial charge in [-0.05, 0) is 41.8 Å². The zero-order valence-electron chi connectivity index (χ0n) is 18.9. The van der Waals surface area contributed by atoms with E-state index in [-0.39, 0.29) is 5.56 Å². The summed E-state index contributed by atoms with van der Waals surface area (Å²) in [6, 6.07) is 27.2. The Hall–Kier alpha value is -3.41. The molecule has 0 aliphatic heterocycles. The molecule has 5 heteroatoms. The molecule has 4 rings (SSSR count). The number of nitrogens with zero attached hydrogens (tertiary/aromatic N) is 1. The van der Waals surface area contributed by atoms with E-state index >= 15 is 0 Å². The standard InChI is InChI=1S/C28H30N2O3/c1-2-17-30(18-21-9-5-3-6-10-21)19-25(31)23-13-15-26(28-24(23)14-16-27(32)29-28)33-20-22-11-7-4-8-12-22/h3-16,25,31H,2,17-20H2,1H3,(H,29,32). The monoisotopic (exact) mass is 442 g/mol. The van der Waals surface area contributed by atoms with Crippen molar-refractivity contribution in [1.29, 1.82) is 0 Å². The zero-order chi connectivity index (χ0) is 23.0. The summed E-state index contributed by atoms with van der Waals surface area (Å²) in [5.74, 6) is 0.595. The van der Waals surface area contributed by atoms with Gasteiger partial charge in [0.05, 0.1) is 11.6 Å². The van der Waals surface area contributed by atoms with Crippen LogP contribution in [-0.4, -0.2) is 28.1 Å². The maximum atomic E-state index is 12.1. The molecule has 0 aliphatic carbocycles. The van der Waals surface area contributed by atoms with Gasteiger partial charge in [-0.25, -0.2) is 0 Å². The SMILES string of the molecule is CCCN(Cc1ccccc1)CC(O)c1ccc(OCc2ccccc2)c2[nH]c(=O)ccc12. The second-order valence-corrected chi connectivity index (χ2v) is 8.27. The van der Waals surface area contributed by atoms with Crippen molar-refractivity contribution in [2.45, 2.75) is 32.6 Å². The number of nitrogens with one attached hydrogen (secondary N) is 1. The number of H-pyrrole nitrogens is 1. The van der Waals surface area contributed by atoms with Gasteiger partial charge in [-0.2, -0.15) is 0 Å². The molecule has 2 N–H and O–H groups in total. The Morgan fingerprint density at radius 2 is 1.61 bits per heavy atom. The summed E-state index contributed by atoms with van der Waals surface area (Å²) in [5.41, 5.74) is 3.46. The highest BCUT2D eigenvalue weighted by Crippen LogP contribution is 2.31. The van der Waals surface area contributed by atoms with Crippen LogP contribution in [0.15, 0.2) is 89.7 Å². The lowest BCUT2D eigenvalue weighted by Gasteiger charge is -2.26. The lowest BCUT2D eigenvalue weighted by Crippen LogP contribution is -2.29. The predicted molar refractivity (Wildman–Crippen MR) is 132 cm³/mol. The number of hydrogen-bond acceptors (Lipinski definition) is 4. The van der Waals surface area contributed by atoms with E-state index in [1.807, 2.05) is 60.7 Å². The third kappa shape index (κ3) is 5.89. The molecule has 0 spiro atoms. The number of hydrogen-bond donors (Lipinski definition) is 2. The molecular weight excluding hydrogens is 412 g/mol. The number of benzene rings is 3. The fourth-order valence-corrected chi connectivity index (χ4v) is 4.13. The average Bonchev–Trinajstić information content (AvgIpc) is 2.84. The molecule has 33 heavy (non-hydrogen) atoms. The Morgan fingerprint density at radius 1 is 0.909 bits per heavy atom. The lowest BCUT2D eigenvalue weighted by molar-refractivity contribution is 0.110. The normalized spacial score (nSPS) is 12.2. The Bertz CT molecular complexity index is 1220. The smallest absolute Gasteiger partial charge is 0.248 e. The quantitative estimate of drug-likeness (QED) is 0.361. The summed E-state index contributed by atoms with van der Waals surface area (Å²) in [5, 5.41) is 12.0. The third-order valence-corrected chi connectivity index (χ3v) is 5.71.